The molecule has 1 aromatic heterocycles. The molecule has 0 radical (unpaired) electrons. The van der Waals surface area contributed by atoms with Crippen LogP contribution in [0.5, 0.6) is 11.5 Å². The van der Waals surface area contributed by atoms with Crippen molar-refractivity contribution in [3.05, 3.63) is 34.2 Å². The topological polar surface area (TPSA) is 48.7 Å². The van der Waals surface area contributed by atoms with Gasteiger partial charge in [0.15, 0.2) is 11.5 Å². The van der Waals surface area contributed by atoms with Crippen molar-refractivity contribution in [1.29, 1.82) is 0 Å². The fraction of sp³-hybridized carbons (Fsp3) is 0.500. The van der Waals surface area contributed by atoms with Gasteiger partial charge in [0, 0.05) is 28.2 Å². The number of hydrogen-bond acceptors (Lipinski definition) is 4. The van der Waals surface area contributed by atoms with Crippen LogP contribution in [0.1, 0.15) is 31.2 Å². The molecule has 0 saturated carbocycles. The van der Waals surface area contributed by atoms with E-state index in [0.29, 0.717) is 30.3 Å². The highest BCUT2D eigenvalue weighted by atomic mass is 79.9. The summed E-state index contributed by atoms with van der Waals surface area (Å²) in [6.07, 6.45) is 4.02. The van der Waals surface area contributed by atoms with Crippen molar-refractivity contribution in [2.45, 2.75) is 32.6 Å². The Balaban J connectivity index is 2.25. The molecule has 4 nitrogen and oxygen atoms in total. The number of alkyl halides is 2. The quantitative estimate of drug-likeness (QED) is 0.277. The summed E-state index contributed by atoms with van der Waals surface area (Å²) in [7, 11) is 0. The summed E-state index contributed by atoms with van der Waals surface area (Å²) < 4.78 is 17.1. The molecule has 0 saturated heterocycles. The van der Waals surface area contributed by atoms with Crippen molar-refractivity contribution in [2.75, 3.05) is 23.9 Å². The first kappa shape index (κ1) is 19.3. The minimum atomic E-state index is -0.351. The predicted molar refractivity (Wildman–Crippen MR) is 104 cm³/mol. The van der Waals surface area contributed by atoms with Crippen molar-refractivity contribution in [2.24, 2.45) is 0 Å². The number of ether oxygens (including phenoxy) is 2. The van der Waals surface area contributed by atoms with E-state index in [2.05, 4.69) is 31.9 Å². The van der Waals surface area contributed by atoms with Gasteiger partial charge in [-0.2, -0.15) is 0 Å². The molecule has 6 heteroatoms. The smallest absolute Gasteiger partial charge is 0.336 e. The largest absolute Gasteiger partial charge is 0.490 e. The van der Waals surface area contributed by atoms with Gasteiger partial charge in [0.05, 0.1) is 13.2 Å². The molecule has 0 unspecified atom stereocenters. The third kappa shape index (κ3) is 5.52. The summed E-state index contributed by atoms with van der Waals surface area (Å²) >= 11 is 6.84. The lowest BCUT2D eigenvalue weighted by Crippen LogP contribution is -2.04. The number of benzene rings is 1. The van der Waals surface area contributed by atoms with E-state index >= 15 is 0 Å². The zero-order valence-electron chi connectivity index (χ0n) is 13.8. The molecular formula is C18H22Br2O4. The second kappa shape index (κ2) is 10.1. The first-order chi connectivity index (χ1) is 11.7. The maximum absolute atomic E-state index is 11.6. The number of rotatable bonds is 10. The van der Waals surface area contributed by atoms with Gasteiger partial charge in [0.25, 0.3) is 0 Å². The molecule has 0 aliphatic heterocycles. The molecule has 1 aromatic carbocycles. The molecule has 1 heterocycles. The van der Waals surface area contributed by atoms with Crippen LogP contribution in [0.25, 0.3) is 11.0 Å². The van der Waals surface area contributed by atoms with Crippen LogP contribution in [0.15, 0.2) is 27.4 Å². The summed E-state index contributed by atoms with van der Waals surface area (Å²) in [5.74, 6) is 1.33. The third-order valence-electron chi connectivity index (χ3n) is 3.59. The summed E-state index contributed by atoms with van der Waals surface area (Å²) in [6, 6.07) is 5.16. The van der Waals surface area contributed by atoms with Gasteiger partial charge in [-0.05, 0) is 44.2 Å². The van der Waals surface area contributed by atoms with E-state index in [1.54, 1.807) is 6.07 Å². The third-order valence-corrected chi connectivity index (χ3v) is 4.71. The predicted octanol–water partition coefficient (Wildman–Crippen LogP) is 5.21. The monoisotopic (exact) mass is 460 g/mol. The van der Waals surface area contributed by atoms with E-state index < -0.39 is 0 Å². The van der Waals surface area contributed by atoms with Crippen LogP contribution < -0.4 is 15.1 Å². The molecule has 0 N–H and O–H groups in total. The highest BCUT2D eigenvalue weighted by molar-refractivity contribution is 9.09. The van der Waals surface area contributed by atoms with Crippen molar-refractivity contribution in [3.63, 3.8) is 0 Å². The lowest BCUT2D eigenvalue weighted by Gasteiger charge is -2.14. The fourth-order valence-electron chi connectivity index (χ4n) is 2.31. The Hall–Kier alpha value is -1.01. The number of fused-ring (bicyclic) bond motifs is 1. The summed E-state index contributed by atoms with van der Waals surface area (Å²) in [5, 5.41) is 2.80. The van der Waals surface area contributed by atoms with Gasteiger partial charge in [0.1, 0.15) is 5.58 Å². The second-order valence-electron chi connectivity index (χ2n) is 5.53. The van der Waals surface area contributed by atoms with E-state index in [9.17, 15) is 4.79 Å². The number of unbranched alkanes of at least 4 members (excludes halogenated alkanes) is 2. The van der Waals surface area contributed by atoms with Crippen LogP contribution in [0.4, 0.5) is 0 Å². The van der Waals surface area contributed by atoms with Crippen LogP contribution in [-0.2, 0) is 0 Å². The van der Waals surface area contributed by atoms with Gasteiger partial charge in [-0.1, -0.05) is 31.9 Å². The summed E-state index contributed by atoms with van der Waals surface area (Å²) in [6.45, 7) is 3.13. The van der Waals surface area contributed by atoms with Crippen molar-refractivity contribution in [3.8, 4) is 11.5 Å². The SMILES string of the molecule is Cc1cc(=O)oc2cc(OCCCCBr)c(OCCCCBr)cc12. The Morgan fingerprint density at radius 2 is 1.50 bits per heavy atom. The van der Waals surface area contributed by atoms with E-state index in [-0.39, 0.29) is 5.63 Å². The van der Waals surface area contributed by atoms with Gasteiger partial charge >= 0.3 is 5.63 Å². The molecule has 24 heavy (non-hydrogen) atoms. The van der Waals surface area contributed by atoms with E-state index in [1.165, 1.54) is 6.07 Å². The minimum Gasteiger partial charge on any atom is -0.490 e. The summed E-state index contributed by atoms with van der Waals surface area (Å²) in [5.41, 5.74) is 1.05. The van der Waals surface area contributed by atoms with E-state index in [4.69, 9.17) is 13.9 Å². The zero-order valence-corrected chi connectivity index (χ0v) is 16.9. The average Bonchev–Trinajstić information content (AvgIpc) is 2.56. The Bertz CT molecular complexity index is 712. The summed E-state index contributed by atoms with van der Waals surface area (Å²) in [4.78, 5) is 11.6. The Morgan fingerprint density at radius 3 is 2.08 bits per heavy atom. The van der Waals surface area contributed by atoms with Crippen molar-refractivity contribution >= 4 is 42.8 Å². The van der Waals surface area contributed by atoms with Gasteiger partial charge < -0.3 is 13.9 Å². The Morgan fingerprint density at radius 1 is 0.917 bits per heavy atom. The number of aryl methyl sites for hydroxylation is 1. The molecule has 0 bridgehead atoms. The van der Waals surface area contributed by atoms with Gasteiger partial charge in [-0.15, -0.1) is 0 Å². The normalized spacial score (nSPS) is 11.0. The van der Waals surface area contributed by atoms with Crippen molar-refractivity contribution < 1.29 is 13.9 Å². The van der Waals surface area contributed by atoms with E-state index in [0.717, 1.165) is 47.3 Å². The lowest BCUT2D eigenvalue weighted by atomic mass is 10.1. The second-order valence-corrected chi connectivity index (χ2v) is 7.12. The van der Waals surface area contributed by atoms with Gasteiger partial charge in [0.2, 0.25) is 0 Å². The molecule has 2 rings (SSSR count). The molecule has 0 fully saturated rings. The zero-order chi connectivity index (χ0) is 17.4. The Labute approximate surface area is 158 Å². The van der Waals surface area contributed by atoms with Gasteiger partial charge in [-0.25, -0.2) is 4.79 Å². The van der Waals surface area contributed by atoms with Gasteiger partial charge in [-0.3, -0.25) is 0 Å². The van der Waals surface area contributed by atoms with Crippen molar-refractivity contribution in [1.82, 2.24) is 0 Å². The first-order valence-electron chi connectivity index (χ1n) is 8.11. The van der Waals surface area contributed by atoms with Crippen LogP contribution >= 0.6 is 31.9 Å². The molecule has 0 atom stereocenters. The highest BCUT2D eigenvalue weighted by Crippen LogP contribution is 2.33. The first-order valence-corrected chi connectivity index (χ1v) is 10.4. The minimum absolute atomic E-state index is 0.351. The standard InChI is InChI=1S/C18H22Br2O4/c1-13-10-18(21)24-15-12-17(23-9-5-3-7-20)16(11-14(13)15)22-8-4-2-6-19/h10-12H,2-9H2,1H3. The molecule has 0 spiro atoms. The maximum atomic E-state index is 11.6. The molecule has 2 aromatic rings. The Kier molecular flexibility index (Phi) is 8.12. The highest BCUT2D eigenvalue weighted by Gasteiger charge is 2.12. The van der Waals surface area contributed by atoms with Crippen LogP contribution in [0.3, 0.4) is 0 Å². The van der Waals surface area contributed by atoms with Crippen LogP contribution in [-0.4, -0.2) is 23.9 Å². The van der Waals surface area contributed by atoms with E-state index in [1.807, 2.05) is 13.0 Å². The molecule has 0 aliphatic rings. The number of halogens is 2. The van der Waals surface area contributed by atoms with Crippen LogP contribution in [0, 0.1) is 6.92 Å². The molecule has 132 valence electrons. The maximum Gasteiger partial charge on any atom is 0.336 e. The molecule has 0 aliphatic carbocycles. The fourth-order valence-corrected chi connectivity index (χ4v) is 3.10. The van der Waals surface area contributed by atoms with Crippen LogP contribution in [0.2, 0.25) is 0 Å². The average molecular weight is 462 g/mol. The molecule has 0 amide bonds. The molecular weight excluding hydrogens is 440 g/mol. The lowest BCUT2D eigenvalue weighted by molar-refractivity contribution is 0.262. The number of hydrogen-bond donors (Lipinski definition) is 0.